The Morgan fingerprint density at radius 2 is 2.00 bits per heavy atom. The highest BCUT2D eigenvalue weighted by molar-refractivity contribution is 5.26. The van der Waals surface area contributed by atoms with Gasteiger partial charge in [-0.15, -0.1) is 0 Å². The second kappa shape index (κ2) is 7.80. The smallest absolute Gasteiger partial charge is 0.0797 e. The van der Waals surface area contributed by atoms with Gasteiger partial charge < -0.3 is 10.1 Å². The Kier molecular flexibility index (Phi) is 6.06. The zero-order valence-corrected chi connectivity index (χ0v) is 13.2. The summed E-state index contributed by atoms with van der Waals surface area (Å²) >= 11 is 0. The molecule has 2 heteroatoms. The van der Waals surface area contributed by atoms with Gasteiger partial charge in [-0.3, -0.25) is 0 Å². The van der Waals surface area contributed by atoms with Crippen molar-refractivity contribution in [3.63, 3.8) is 0 Å². The van der Waals surface area contributed by atoms with Gasteiger partial charge in [-0.05, 0) is 45.2 Å². The van der Waals surface area contributed by atoms with E-state index in [0.29, 0.717) is 18.1 Å². The first-order valence-electron chi connectivity index (χ1n) is 8.11. The van der Waals surface area contributed by atoms with E-state index >= 15 is 0 Å². The maximum atomic E-state index is 6.17. The highest BCUT2D eigenvalue weighted by Crippen LogP contribution is 2.34. The standard InChI is InChI=1S/C18H29NO/c1-4-20-18(15-10-6-5-7-11-15)17(19-3)16-12-8-9-14(2)13-16/h8-9,12-13,15,17-19H,4-7,10-11H2,1-3H3. The summed E-state index contributed by atoms with van der Waals surface area (Å²) in [6, 6.07) is 9.13. The summed E-state index contributed by atoms with van der Waals surface area (Å²) in [6.45, 7) is 5.07. The van der Waals surface area contributed by atoms with Gasteiger partial charge in [0.2, 0.25) is 0 Å². The molecule has 20 heavy (non-hydrogen) atoms. The maximum absolute atomic E-state index is 6.17. The zero-order valence-electron chi connectivity index (χ0n) is 13.2. The molecule has 1 aliphatic carbocycles. The van der Waals surface area contributed by atoms with Gasteiger partial charge in [0.15, 0.2) is 0 Å². The average molecular weight is 275 g/mol. The number of hydrogen-bond donors (Lipinski definition) is 1. The lowest BCUT2D eigenvalue weighted by Gasteiger charge is -2.36. The lowest BCUT2D eigenvalue weighted by molar-refractivity contribution is -0.0167. The fourth-order valence-corrected chi connectivity index (χ4v) is 3.54. The molecule has 0 heterocycles. The van der Waals surface area contributed by atoms with Gasteiger partial charge in [-0.1, -0.05) is 49.1 Å². The van der Waals surface area contributed by atoms with Crippen LogP contribution in [0.1, 0.15) is 56.2 Å². The molecule has 2 rings (SSSR count). The predicted octanol–water partition coefficient (Wildman–Crippen LogP) is 4.24. The van der Waals surface area contributed by atoms with Crippen LogP contribution in [-0.4, -0.2) is 19.8 Å². The lowest BCUT2D eigenvalue weighted by atomic mass is 9.80. The van der Waals surface area contributed by atoms with Crippen molar-refractivity contribution >= 4 is 0 Å². The summed E-state index contributed by atoms with van der Waals surface area (Å²) in [5.41, 5.74) is 2.68. The number of ether oxygens (including phenoxy) is 1. The normalized spacial score (nSPS) is 19.8. The summed E-state index contributed by atoms with van der Waals surface area (Å²) in [5.74, 6) is 0.696. The monoisotopic (exact) mass is 275 g/mol. The average Bonchev–Trinajstić information content (AvgIpc) is 2.48. The Labute approximate surface area is 123 Å². The molecule has 0 aliphatic heterocycles. The van der Waals surface area contributed by atoms with Crippen LogP contribution < -0.4 is 5.32 Å². The van der Waals surface area contributed by atoms with E-state index < -0.39 is 0 Å². The van der Waals surface area contributed by atoms with Crippen LogP contribution >= 0.6 is 0 Å². The molecule has 1 aliphatic rings. The van der Waals surface area contributed by atoms with Crippen LogP contribution in [0.5, 0.6) is 0 Å². The van der Waals surface area contributed by atoms with Crippen LogP contribution in [0.2, 0.25) is 0 Å². The summed E-state index contributed by atoms with van der Waals surface area (Å²) in [4.78, 5) is 0. The third-order valence-corrected chi connectivity index (χ3v) is 4.51. The summed E-state index contributed by atoms with van der Waals surface area (Å²) in [5, 5.41) is 3.50. The largest absolute Gasteiger partial charge is 0.376 e. The van der Waals surface area contributed by atoms with Gasteiger partial charge in [0, 0.05) is 6.61 Å². The zero-order chi connectivity index (χ0) is 14.4. The van der Waals surface area contributed by atoms with E-state index in [2.05, 4.69) is 50.5 Å². The number of likely N-dealkylation sites (N-methyl/N-ethyl adjacent to an activating group) is 1. The number of rotatable bonds is 6. The Balaban J connectivity index is 2.19. The Morgan fingerprint density at radius 3 is 2.60 bits per heavy atom. The minimum absolute atomic E-state index is 0.298. The van der Waals surface area contributed by atoms with Crippen LogP contribution in [-0.2, 0) is 4.74 Å². The fourth-order valence-electron chi connectivity index (χ4n) is 3.54. The number of hydrogen-bond acceptors (Lipinski definition) is 2. The van der Waals surface area contributed by atoms with Gasteiger partial charge in [0.1, 0.15) is 0 Å². The lowest BCUT2D eigenvalue weighted by Crippen LogP contribution is -2.38. The first-order valence-corrected chi connectivity index (χ1v) is 8.11. The second-order valence-corrected chi connectivity index (χ2v) is 6.00. The minimum atomic E-state index is 0.298. The maximum Gasteiger partial charge on any atom is 0.0797 e. The van der Waals surface area contributed by atoms with Crippen LogP contribution in [0.4, 0.5) is 0 Å². The third-order valence-electron chi connectivity index (χ3n) is 4.51. The van der Waals surface area contributed by atoms with E-state index in [0.717, 1.165) is 6.61 Å². The van der Waals surface area contributed by atoms with Gasteiger partial charge in [-0.2, -0.15) is 0 Å². The Hall–Kier alpha value is -0.860. The molecule has 2 unspecified atom stereocenters. The van der Waals surface area contributed by atoms with Crippen molar-refractivity contribution in [2.45, 2.75) is 58.1 Å². The minimum Gasteiger partial charge on any atom is -0.376 e. The molecule has 0 bridgehead atoms. The second-order valence-electron chi connectivity index (χ2n) is 6.00. The fraction of sp³-hybridized carbons (Fsp3) is 0.667. The molecule has 0 spiro atoms. The van der Waals surface area contributed by atoms with E-state index in [4.69, 9.17) is 4.74 Å². The number of benzene rings is 1. The molecule has 1 N–H and O–H groups in total. The van der Waals surface area contributed by atoms with Crippen molar-refractivity contribution in [1.29, 1.82) is 0 Å². The van der Waals surface area contributed by atoms with Crippen molar-refractivity contribution in [2.24, 2.45) is 5.92 Å². The molecule has 112 valence electrons. The van der Waals surface area contributed by atoms with Crippen molar-refractivity contribution in [3.8, 4) is 0 Å². The van der Waals surface area contributed by atoms with Crippen LogP contribution in [0.25, 0.3) is 0 Å². The molecule has 2 nitrogen and oxygen atoms in total. The molecule has 1 aromatic rings. The predicted molar refractivity (Wildman–Crippen MR) is 85.0 cm³/mol. The van der Waals surface area contributed by atoms with Gasteiger partial charge >= 0.3 is 0 Å². The van der Waals surface area contributed by atoms with Crippen LogP contribution in [0.15, 0.2) is 24.3 Å². The molecular weight excluding hydrogens is 246 g/mol. The van der Waals surface area contributed by atoms with Crippen LogP contribution in [0, 0.1) is 12.8 Å². The number of aryl methyl sites for hydroxylation is 1. The van der Waals surface area contributed by atoms with Gasteiger partial charge in [0.25, 0.3) is 0 Å². The Morgan fingerprint density at radius 1 is 1.25 bits per heavy atom. The van der Waals surface area contributed by atoms with E-state index in [1.54, 1.807) is 0 Å². The molecule has 0 aromatic heterocycles. The molecule has 1 fully saturated rings. The highest BCUT2D eigenvalue weighted by Gasteiger charge is 2.31. The highest BCUT2D eigenvalue weighted by atomic mass is 16.5. The Bertz CT molecular complexity index is 398. The topological polar surface area (TPSA) is 21.3 Å². The first kappa shape index (κ1) is 15.5. The van der Waals surface area contributed by atoms with E-state index in [1.165, 1.54) is 43.2 Å². The van der Waals surface area contributed by atoms with Gasteiger partial charge in [0.05, 0.1) is 12.1 Å². The summed E-state index contributed by atoms with van der Waals surface area (Å²) in [6.07, 6.45) is 7.04. The molecule has 0 amide bonds. The van der Waals surface area contributed by atoms with E-state index in [1.807, 2.05) is 0 Å². The van der Waals surface area contributed by atoms with Crippen molar-refractivity contribution in [1.82, 2.24) is 5.32 Å². The van der Waals surface area contributed by atoms with Crippen molar-refractivity contribution in [2.75, 3.05) is 13.7 Å². The summed E-state index contributed by atoms with van der Waals surface area (Å²) in [7, 11) is 2.06. The van der Waals surface area contributed by atoms with Gasteiger partial charge in [-0.25, -0.2) is 0 Å². The quantitative estimate of drug-likeness (QED) is 0.838. The molecule has 0 saturated heterocycles. The van der Waals surface area contributed by atoms with Crippen molar-refractivity contribution in [3.05, 3.63) is 35.4 Å². The van der Waals surface area contributed by atoms with E-state index in [-0.39, 0.29) is 0 Å². The number of nitrogens with one attached hydrogen (secondary N) is 1. The molecule has 1 aromatic carbocycles. The molecular formula is C18H29NO. The SMILES string of the molecule is CCOC(C1CCCCC1)C(NC)c1cccc(C)c1. The van der Waals surface area contributed by atoms with Crippen LogP contribution in [0.3, 0.4) is 0 Å². The molecule has 0 radical (unpaired) electrons. The van der Waals surface area contributed by atoms with Crippen molar-refractivity contribution < 1.29 is 4.74 Å². The van der Waals surface area contributed by atoms with E-state index in [9.17, 15) is 0 Å². The third kappa shape index (κ3) is 3.83. The summed E-state index contributed by atoms with van der Waals surface area (Å²) < 4.78 is 6.17. The first-order chi connectivity index (χ1) is 9.76. The molecule has 2 atom stereocenters. The molecule has 1 saturated carbocycles.